The largest absolute Gasteiger partial charge is 0.309 e. The first-order valence-corrected chi connectivity index (χ1v) is 7.20. The van der Waals surface area contributed by atoms with Crippen molar-refractivity contribution in [3.63, 3.8) is 0 Å². The summed E-state index contributed by atoms with van der Waals surface area (Å²) in [4.78, 5) is 9.20. The van der Waals surface area contributed by atoms with Crippen molar-refractivity contribution < 1.29 is 0 Å². The zero-order valence-corrected chi connectivity index (χ0v) is 11.8. The molecule has 0 spiro atoms. The lowest BCUT2D eigenvalue weighted by molar-refractivity contribution is 0.339. The van der Waals surface area contributed by atoms with Gasteiger partial charge in [0.2, 0.25) is 0 Å². The second-order valence-electron chi connectivity index (χ2n) is 5.90. The molecule has 0 aromatic carbocycles. The van der Waals surface area contributed by atoms with Crippen LogP contribution in [0, 0.1) is 5.92 Å². The molecule has 1 heterocycles. The van der Waals surface area contributed by atoms with E-state index in [-0.39, 0.29) is 0 Å². The third-order valence-electron chi connectivity index (χ3n) is 3.80. The second-order valence-corrected chi connectivity index (χ2v) is 5.90. The van der Waals surface area contributed by atoms with Gasteiger partial charge in [0.25, 0.3) is 0 Å². The van der Waals surface area contributed by atoms with Gasteiger partial charge in [-0.1, -0.05) is 33.6 Å². The summed E-state index contributed by atoms with van der Waals surface area (Å²) < 4.78 is 0. The van der Waals surface area contributed by atoms with Crippen LogP contribution in [0.15, 0.2) is 12.3 Å². The summed E-state index contributed by atoms with van der Waals surface area (Å²) in [5.74, 6) is 2.53. The zero-order valence-electron chi connectivity index (χ0n) is 11.8. The number of rotatable bonds is 4. The molecule has 0 unspecified atom stereocenters. The van der Waals surface area contributed by atoms with E-state index in [0.717, 1.165) is 24.0 Å². The molecule has 0 bridgehead atoms. The lowest BCUT2D eigenvalue weighted by Gasteiger charge is -2.25. The quantitative estimate of drug-likeness (QED) is 0.887. The van der Waals surface area contributed by atoms with Crippen LogP contribution in [-0.4, -0.2) is 16.0 Å². The molecule has 1 aromatic rings. The molecule has 1 aliphatic rings. The van der Waals surface area contributed by atoms with Gasteiger partial charge >= 0.3 is 0 Å². The summed E-state index contributed by atoms with van der Waals surface area (Å²) in [6, 6.07) is 2.52. The SMILES string of the molecule is CC1CCC(c2nccc(CNC(C)C)n2)CC1. The summed E-state index contributed by atoms with van der Waals surface area (Å²) in [6.07, 6.45) is 7.06. The maximum Gasteiger partial charge on any atom is 0.131 e. The van der Waals surface area contributed by atoms with Gasteiger partial charge in [-0.2, -0.15) is 0 Å². The third-order valence-corrected chi connectivity index (χ3v) is 3.80. The fourth-order valence-corrected chi connectivity index (χ4v) is 2.54. The molecule has 0 radical (unpaired) electrons. The van der Waals surface area contributed by atoms with Crippen LogP contribution in [0.5, 0.6) is 0 Å². The second kappa shape index (κ2) is 6.28. The molecule has 0 amide bonds. The molecule has 0 aliphatic heterocycles. The van der Waals surface area contributed by atoms with Gasteiger partial charge in [0.15, 0.2) is 0 Å². The van der Waals surface area contributed by atoms with E-state index in [4.69, 9.17) is 4.98 Å². The van der Waals surface area contributed by atoms with Crippen molar-refractivity contribution in [2.24, 2.45) is 5.92 Å². The molecule has 0 saturated heterocycles. The van der Waals surface area contributed by atoms with E-state index in [9.17, 15) is 0 Å². The van der Waals surface area contributed by atoms with Gasteiger partial charge in [-0.3, -0.25) is 0 Å². The number of nitrogens with zero attached hydrogens (tertiary/aromatic N) is 2. The van der Waals surface area contributed by atoms with Gasteiger partial charge in [-0.05, 0) is 24.8 Å². The Bertz CT molecular complexity index is 368. The first-order valence-electron chi connectivity index (χ1n) is 7.20. The standard InChI is InChI=1S/C15H25N3/c1-11(2)17-10-14-8-9-16-15(18-14)13-6-4-12(3)5-7-13/h8-9,11-13,17H,4-7,10H2,1-3H3. The molecule has 1 aliphatic carbocycles. The summed E-state index contributed by atoms with van der Waals surface area (Å²) in [6.45, 7) is 7.51. The van der Waals surface area contributed by atoms with Crippen LogP contribution >= 0.6 is 0 Å². The first-order chi connectivity index (χ1) is 8.65. The van der Waals surface area contributed by atoms with E-state index in [2.05, 4.69) is 31.1 Å². The highest BCUT2D eigenvalue weighted by Crippen LogP contribution is 2.33. The Balaban J connectivity index is 1.98. The minimum Gasteiger partial charge on any atom is -0.309 e. The highest BCUT2D eigenvalue weighted by Gasteiger charge is 2.21. The monoisotopic (exact) mass is 247 g/mol. The van der Waals surface area contributed by atoms with E-state index < -0.39 is 0 Å². The first kappa shape index (κ1) is 13.5. The molecular formula is C15H25N3. The molecule has 2 rings (SSSR count). The van der Waals surface area contributed by atoms with Gasteiger partial charge in [0.1, 0.15) is 5.82 Å². The Hall–Kier alpha value is -0.960. The lowest BCUT2D eigenvalue weighted by Crippen LogP contribution is -2.23. The van der Waals surface area contributed by atoms with E-state index in [1.165, 1.54) is 25.7 Å². The minimum absolute atomic E-state index is 0.499. The fraction of sp³-hybridized carbons (Fsp3) is 0.733. The fourth-order valence-electron chi connectivity index (χ4n) is 2.54. The topological polar surface area (TPSA) is 37.8 Å². The van der Waals surface area contributed by atoms with Crippen molar-refractivity contribution in [3.05, 3.63) is 23.8 Å². The van der Waals surface area contributed by atoms with Gasteiger partial charge in [0.05, 0.1) is 5.69 Å². The molecule has 1 aromatic heterocycles. The number of aromatic nitrogens is 2. The van der Waals surface area contributed by atoms with E-state index in [1.54, 1.807) is 0 Å². The molecule has 0 atom stereocenters. The van der Waals surface area contributed by atoms with Gasteiger partial charge < -0.3 is 5.32 Å². The molecule has 1 fully saturated rings. The normalized spacial score (nSPS) is 24.4. The third kappa shape index (κ3) is 3.77. The highest BCUT2D eigenvalue weighted by molar-refractivity contribution is 5.06. The average molecular weight is 247 g/mol. The van der Waals surface area contributed by atoms with Crippen LogP contribution in [0.4, 0.5) is 0 Å². The van der Waals surface area contributed by atoms with Gasteiger partial charge in [-0.25, -0.2) is 9.97 Å². The molecule has 1 saturated carbocycles. The van der Waals surface area contributed by atoms with Crippen molar-refractivity contribution in [3.8, 4) is 0 Å². The highest BCUT2D eigenvalue weighted by atomic mass is 14.9. The summed E-state index contributed by atoms with van der Waals surface area (Å²) in [7, 11) is 0. The molecule has 3 heteroatoms. The van der Waals surface area contributed by atoms with Crippen molar-refractivity contribution in [2.45, 2.75) is 65.0 Å². The Morgan fingerprint density at radius 1 is 1.28 bits per heavy atom. The van der Waals surface area contributed by atoms with Crippen molar-refractivity contribution in [2.75, 3.05) is 0 Å². The summed E-state index contributed by atoms with van der Waals surface area (Å²) in [5, 5.41) is 3.41. The lowest BCUT2D eigenvalue weighted by atomic mass is 9.82. The summed E-state index contributed by atoms with van der Waals surface area (Å²) in [5.41, 5.74) is 1.12. The maximum atomic E-state index is 4.72. The molecular weight excluding hydrogens is 222 g/mol. The zero-order chi connectivity index (χ0) is 13.0. The van der Waals surface area contributed by atoms with Crippen molar-refractivity contribution in [1.82, 2.24) is 15.3 Å². The molecule has 100 valence electrons. The maximum absolute atomic E-state index is 4.72. The Morgan fingerprint density at radius 3 is 2.67 bits per heavy atom. The number of hydrogen-bond donors (Lipinski definition) is 1. The minimum atomic E-state index is 0.499. The average Bonchev–Trinajstić information content (AvgIpc) is 2.37. The molecule has 3 nitrogen and oxygen atoms in total. The Morgan fingerprint density at radius 2 is 2.00 bits per heavy atom. The number of hydrogen-bond acceptors (Lipinski definition) is 3. The van der Waals surface area contributed by atoms with Crippen LogP contribution in [0.2, 0.25) is 0 Å². The van der Waals surface area contributed by atoms with E-state index in [1.807, 2.05) is 12.3 Å². The van der Waals surface area contributed by atoms with Crippen LogP contribution in [-0.2, 0) is 6.54 Å². The van der Waals surface area contributed by atoms with Crippen LogP contribution < -0.4 is 5.32 Å². The Labute approximate surface area is 110 Å². The van der Waals surface area contributed by atoms with E-state index >= 15 is 0 Å². The Kier molecular flexibility index (Phi) is 4.70. The number of nitrogens with one attached hydrogen (secondary N) is 1. The van der Waals surface area contributed by atoms with Gasteiger partial charge in [-0.15, -0.1) is 0 Å². The van der Waals surface area contributed by atoms with Crippen molar-refractivity contribution >= 4 is 0 Å². The van der Waals surface area contributed by atoms with E-state index in [0.29, 0.717) is 12.0 Å². The van der Waals surface area contributed by atoms with Crippen LogP contribution in [0.25, 0.3) is 0 Å². The predicted octanol–water partition coefficient (Wildman–Crippen LogP) is 3.27. The van der Waals surface area contributed by atoms with Gasteiger partial charge in [0, 0.05) is 24.7 Å². The van der Waals surface area contributed by atoms with Crippen molar-refractivity contribution in [1.29, 1.82) is 0 Å². The van der Waals surface area contributed by atoms with Crippen LogP contribution in [0.1, 0.15) is 63.9 Å². The smallest absolute Gasteiger partial charge is 0.131 e. The summed E-state index contributed by atoms with van der Waals surface area (Å²) >= 11 is 0. The molecule has 18 heavy (non-hydrogen) atoms. The predicted molar refractivity (Wildman–Crippen MR) is 74.4 cm³/mol. The molecule has 1 N–H and O–H groups in total. The van der Waals surface area contributed by atoms with Crippen LogP contribution in [0.3, 0.4) is 0 Å².